The largest absolute Gasteiger partial charge is 0.506 e. The van der Waals surface area contributed by atoms with Crippen LogP contribution in [-0.4, -0.2) is 10.9 Å². The van der Waals surface area contributed by atoms with E-state index in [1.807, 2.05) is 18.2 Å². The summed E-state index contributed by atoms with van der Waals surface area (Å²) >= 11 is 0. The van der Waals surface area contributed by atoms with E-state index in [0.29, 0.717) is 17.7 Å². The van der Waals surface area contributed by atoms with Gasteiger partial charge in [0.1, 0.15) is 17.1 Å². The van der Waals surface area contributed by atoms with Crippen molar-refractivity contribution in [3.8, 4) is 5.75 Å². The van der Waals surface area contributed by atoms with Gasteiger partial charge in [-0.1, -0.05) is 36.0 Å². The van der Waals surface area contributed by atoms with E-state index in [-0.39, 0.29) is 11.3 Å². The summed E-state index contributed by atoms with van der Waals surface area (Å²) in [4.78, 5) is 24.3. The molecule has 0 amide bonds. The van der Waals surface area contributed by atoms with Crippen LogP contribution in [0.5, 0.6) is 5.75 Å². The second-order valence-electron chi connectivity index (χ2n) is 5.84. The van der Waals surface area contributed by atoms with Gasteiger partial charge in [0.15, 0.2) is 5.78 Å². The molecule has 4 nitrogen and oxygen atoms in total. The van der Waals surface area contributed by atoms with Gasteiger partial charge in [0.2, 0.25) is 0 Å². The first-order chi connectivity index (χ1) is 11.1. The predicted octanol–water partition coefficient (Wildman–Crippen LogP) is 3.71. The summed E-state index contributed by atoms with van der Waals surface area (Å²) in [6, 6.07) is 0. The van der Waals surface area contributed by atoms with Crippen LogP contribution in [0.2, 0.25) is 0 Å². The Morgan fingerprint density at radius 3 is 2.83 bits per heavy atom. The van der Waals surface area contributed by atoms with E-state index in [2.05, 4.69) is 6.92 Å². The molecule has 0 fully saturated rings. The van der Waals surface area contributed by atoms with Gasteiger partial charge in [0.05, 0.1) is 5.56 Å². The third kappa shape index (κ3) is 3.11. The Kier molecular flexibility index (Phi) is 4.15. The second kappa shape index (κ2) is 6.24. The molecule has 1 N–H and O–H groups in total. The molecule has 0 bridgehead atoms. The van der Waals surface area contributed by atoms with Gasteiger partial charge in [0, 0.05) is 6.42 Å². The third-order valence-electron chi connectivity index (χ3n) is 4.12. The van der Waals surface area contributed by atoms with E-state index in [0.717, 1.165) is 24.8 Å². The lowest BCUT2D eigenvalue weighted by atomic mass is 9.97. The average molecular weight is 310 g/mol. The maximum Gasteiger partial charge on any atom is 0.351 e. The molecular weight excluding hydrogens is 292 g/mol. The highest BCUT2D eigenvalue weighted by molar-refractivity contribution is 6.07. The zero-order chi connectivity index (χ0) is 16.4. The lowest BCUT2D eigenvalue weighted by molar-refractivity contribution is 0.104. The summed E-state index contributed by atoms with van der Waals surface area (Å²) in [5.41, 5.74) is 1.68. The molecule has 2 aliphatic carbocycles. The van der Waals surface area contributed by atoms with Crippen LogP contribution in [0.1, 0.15) is 47.9 Å². The number of fused-ring (bicyclic) bond motifs is 1. The summed E-state index contributed by atoms with van der Waals surface area (Å²) in [6.45, 7) is 2.06. The molecule has 0 spiro atoms. The number of rotatable bonds is 3. The molecule has 4 heteroatoms. The molecular formula is C19H18O4. The summed E-state index contributed by atoms with van der Waals surface area (Å²) in [6.07, 6.45) is 13.7. The van der Waals surface area contributed by atoms with Gasteiger partial charge in [-0.15, -0.1) is 0 Å². The highest BCUT2D eigenvalue weighted by atomic mass is 16.4. The second-order valence-corrected chi connectivity index (χ2v) is 5.84. The molecule has 2 aliphatic rings. The zero-order valence-electron chi connectivity index (χ0n) is 13.0. The van der Waals surface area contributed by atoms with Gasteiger partial charge in [-0.05, 0) is 37.8 Å². The molecule has 118 valence electrons. The Balaban J connectivity index is 1.92. The SMILES string of the molecule is CC1=CC=C(/C=C/C(=O)c2c(O)c3c(oc2=O)CCC=C3)CC1. The molecule has 1 aromatic rings. The molecule has 23 heavy (non-hydrogen) atoms. The highest BCUT2D eigenvalue weighted by Gasteiger charge is 2.22. The Labute approximate surface area is 134 Å². The molecule has 0 aromatic carbocycles. The van der Waals surface area contributed by atoms with E-state index < -0.39 is 11.4 Å². The highest BCUT2D eigenvalue weighted by Crippen LogP contribution is 2.29. The van der Waals surface area contributed by atoms with E-state index in [9.17, 15) is 14.7 Å². The van der Waals surface area contributed by atoms with Gasteiger partial charge >= 0.3 is 5.63 Å². The van der Waals surface area contributed by atoms with Crippen molar-refractivity contribution in [1.29, 1.82) is 0 Å². The van der Waals surface area contributed by atoms with Crippen LogP contribution in [0.4, 0.5) is 0 Å². The zero-order valence-corrected chi connectivity index (χ0v) is 13.0. The first-order valence-electron chi connectivity index (χ1n) is 7.70. The smallest absolute Gasteiger partial charge is 0.351 e. The summed E-state index contributed by atoms with van der Waals surface area (Å²) in [5, 5.41) is 10.3. The van der Waals surface area contributed by atoms with Crippen molar-refractivity contribution in [2.45, 2.75) is 32.6 Å². The van der Waals surface area contributed by atoms with Crippen molar-refractivity contribution in [2.75, 3.05) is 0 Å². The Bertz CT molecular complexity index is 832. The minimum Gasteiger partial charge on any atom is -0.506 e. The number of aryl methyl sites for hydroxylation is 1. The van der Waals surface area contributed by atoms with Gasteiger partial charge in [0.25, 0.3) is 0 Å². The molecule has 1 aromatic heterocycles. The van der Waals surface area contributed by atoms with E-state index >= 15 is 0 Å². The van der Waals surface area contributed by atoms with Crippen molar-refractivity contribution >= 4 is 11.9 Å². The van der Waals surface area contributed by atoms with E-state index in [4.69, 9.17) is 4.42 Å². The van der Waals surface area contributed by atoms with Crippen LogP contribution in [0.3, 0.4) is 0 Å². The van der Waals surface area contributed by atoms with Crippen LogP contribution < -0.4 is 5.63 Å². The number of hydrogen-bond donors (Lipinski definition) is 1. The molecule has 0 unspecified atom stereocenters. The Hall–Kier alpha value is -2.62. The number of carbonyl (C=O) groups excluding carboxylic acids is 1. The molecule has 3 rings (SSSR count). The fourth-order valence-electron chi connectivity index (χ4n) is 2.73. The van der Waals surface area contributed by atoms with E-state index in [1.165, 1.54) is 11.6 Å². The number of aromatic hydroxyl groups is 1. The molecule has 0 saturated heterocycles. The lowest BCUT2D eigenvalue weighted by Gasteiger charge is -2.11. The number of ketones is 1. The lowest BCUT2D eigenvalue weighted by Crippen LogP contribution is -2.16. The van der Waals surface area contributed by atoms with Gasteiger partial charge in [-0.3, -0.25) is 4.79 Å². The molecule has 1 heterocycles. The fourth-order valence-corrected chi connectivity index (χ4v) is 2.73. The summed E-state index contributed by atoms with van der Waals surface area (Å²) in [7, 11) is 0. The van der Waals surface area contributed by atoms with Crippen LogP contribution in [0, 0.1) is 0 Å². The monoisotopic (exact) mass is 310 g/mol. The first-order valence-corrected chi connectivity index (χ1v) is 7.70. The first kappa shape index (κ1) is 15.3. The fraction of sp³-hybridized carbons (Fsp3) is 0.263. The van der Waals surface area contributed by atoms with Crippen molar-refractivity contribution in [3.05, 3.63) is 68.8 Å². The van der Waals surface area contributed by atoms with Crippen molar-refractivity contribution in [3.63, 3.8) is 0 Å². The maximum absolute atomic E-state index is 12.3. The average Bonchev–Trinajstić information content (AvgIpc) is 2.54. The van der Waals surface area contributed by atoms with E-state index in [1.54, 1.807) is 12.2 Å². The summed E-state index contributed by atoms with van der Waals surface area (Å²) in [5.74, 6) is -0.383. The Morgan fingerprint density at radius 2 is 2.09 bits per heavy atom. The molecule has 0 atom stereocenters. The standard InChI is InChI=1S/C19H18O4/c1-12-6-8-13(9-7-12)10-11-15(20)17-18(21)14-4-2-3-5-16(14)23-19(17)22/h2,4,6,8,10-11,21H,3,5,7,9H2,1H3/b11-10+. The number of carbonyl (C=O) groups is 1. The Morgan fingerprint density at radius 1 is 1.26 bits per heavy atom. The van der Waals surface area contributed by atoms with Gasteiger partial charge in [-0.25, -0.2) is 4.79 Å². The van der Waals surface area contributed by atoms with Crippen molar-refractivity contribution < 1.29 is 14.3 Å². The quantitative estimate of drug-likeness (QED) is 0.682. The predicted molar refractivity (Wildman–Crippen MR) is 88.5 cm³/mol. The van der Waals surface area contributed by atoms with Gasteiger partial charge in [-0.2, -0.15) is 0 Å². The topological polar surface area (TPSA) is 67.5 Å². The van der Waals surface area contributed by atoms with Crippen molar-refractivity contribution in [2.24, 2.45) is 0 Å². The molecule has 0 saturated carbocycles. The van der Waals surface area contributed by atoms with Crippen LogP contribution in [0.15, 0.2) is 50.7 Å². The normalized spacial score (nSPS) is 16.9. The minimum atomic E-state index is -0.778. The number of allylic oxidation sites excluding steroid dienone is 7. The summed E-state index contributed by atoms with van der Waals surface area (Å²) < 4.78 is 5.19. The maximum atomic E-state index is 12.3. The van der Waals surface area contributed by atoms with Crippen molar-refractivity contribution in [1.82, 2.24) is 0 Å². The number of hydrogen-bond acceptors (Lipinski definition) is 4. The molecule has 0 aliphatic heterocycles. The van der Waals surface area contributed by atoms with Gasteiger partial charge < -0.3 is 9.52 Å². The molecule has 0 radical (unpaired) electrons. The van der Waals surface area contributed by atoms with Crippen LogP contribution in [-0.2, 0) is 6.42 Å². The van der Waals surface area contributed by atoms with Crippen LogP contribution in [0.25, 0.3) is 6.08 Å². The minimum absolute atomic E-state index is 0.282. The third-order valence-corrected chi connectivity index (χ3v) is 4.12. The van der Waals surface area contributed by atoms with Crippen LogP contribution >= 0.6 is 0 Å².